The fraction of sp³-hybridized carbons (Fsp3) is 0.542. The van der Waals surface area contributed by atoms with Gasteiger partial charge in [0.1, 0.15) is 13.1 Å². The van der Waals surface area contributed by atoms with Gasteiger partial charge in [-0.25, -0.2) is 4.79 Å². The van der Waals surface area contributed by atoms with Crippen LogP contribution in [0.5, 0.6) is 0 Å². The van der Waals surface area contributed by atoms with Crippen molar-refractivity contribution in [3.05, 3.63) is 44.8 Å². The highest BCUT2D eigenvalue weighted by atomic mass is 79.9. The molecule has 4 nitrogen and oxygen atoms in total. The molecule has 0 unspecified atom stereocenters. The smallest absolute Gasteiger partial charge is 0.349 e. The Morgan fingerprint density at radius 3 is 2.23 bits per heavy atom. The molecule has 7 heteroatoms. The second-order valence-electron chi connectivity index (χ2n) is 9.63. The summed E-state index contributed by atoms with van der Waals surface area (Å²) in [5.74, 6) is 6.57. The van der Waals surface area contributed by atoms with Gasteiger partial charge in [0.2, 0.25) is 5.60 Å². The SMILES string of the molecule is CC(C)(C)C#CC[N+]12CCC(CC1)[C@@H](OC(=O)C(O)(c1cccs1)c1cccs1)C2.[Br-]. The van der Waals surface area contributed by atoms with Crippen molar-refractivity contribution in [3.8, 4) is 11.8 Å². The molecule has 2 aromatic heterocycles. The highest BCUT2D eigenvalue weighted by Gasteiger charge is 2.51. The van der Waals surface area contributed by atoms with Crippen LogP contribution < -0.4 is 17.0 Å². The molecule has 2 bridgehead atoms. The Morgan fingerprint density at radius 1 is 1.16 bits per heavy atom. The summed E-state index contributed by atoms with van der Waals surface area (Å²) in [5, 5.41) is 15.3. The van der Waals surface area contributed by atoms with Crippen molar-refractivity contribution in [2.24, 2.45) is 11.3 Å². The summed E-state index contributed by atoms with van der Waals surface area (Å²) >= 11 is 2.76. The average molecular weight is 525 g/mol. The summed E-state index contributed by atoms with van der Waals surface area (Å²) in [7, 11) is 0. The molecule has 0 amide bonds. The summed E-state index contributed by atoms with van der Waals surface area (Å²) in [6, 6.07) is 7.32. The number of piperidine rings is 3. The summed E-state index contributed by atoms with van der Waals surface area (Å²) in [6.45, 7) is 10.2. The fourth-order valence-electron chi connectivity index (χ4n) is 4.56. The Hall–Kier alpha value is -1.17. The molecule has 31 heavy (non-hydrogen) atoms. The Balaban J connectivity index is 0.00000272. The molecule has 1 atom stereocenters. The van der Waals surface area contributed by atoms with E-state index in [0.717, 1.165) is 43.5 Å². The second-order valence-corrected chi connectivity index (χ2v) is 11.5. The zero-order valence-corrected chi connectivity index (χ0v) is 21.5. The highest BCUT2D eigenvalue weighted by molar-refractivity contribution is 7.12. The predicted molar refractivity (Wildman–Crippen MR) is 121 cm³/mol. The van der Waals surface area contributed by atoms with E-state index >= 15 is 0 Å². The molecule has 1 N–H and O–H groups in total. The van der Waals surface area contributed by atoms with Gasteiger partial charge in [0.05, 0.1) is 22.8 Å². The van der Waals surface area contributed by atoms with Gasteiger partial charge in [-0.15, -0.1) is 22.7 Å². The number of halogens is 1. The first kappa shape index (κ1) is 24.5. The number of quaternary nitrogens is 1. The third-order valence-electron chi connectivity index (χ3n) is 6.23. The Kier molecular flexibility index (Phi) is 7.39. The second kappa shape index (κ2) is 9.36. The van der Waals surface area contributed by atoms with E-state index in [1.54, 1.807) is 12.1 Å². The fourth-order valence-corrected chi connectivity index (χ4v) is 6.28. The van der Waals surface area contributed by atoms with Gasteiger partial charge in [-0.3, -0.25) is 0 Å². The number of hydrogen-bond acceptors (Lipinski definition) is 5. The number of nitrogens with zero attached hydrogens (tertiary/aromatic N) is 1. The lowest BCUT2D eigenvalue weighted by Crippen LogP contribution is -3.00. The Labute approximate surface area is 203 Å². The van der Waals surface area contributed by atoms with Crippen molar-refractivity contribution in [2.75, 3.05) is 26.2 Å². The quantitative estimate of drug-likeness (QED) is 0.364. The lowest BCUT2D eigenvalue weighted by molar-refractivity contribution is -0.939. The first-order valence-electron chi connectivity index (χ1n) is 10.6. The van der Waals surface area contributed by atoms with Gasteiger partial charge >= 0.3 is 5.97 Å². The Bertz CT molecular complexity index is 896. The minimum absolute atomic E-state index is 0. The number of aliphatic hydroxyl groups is 1. The average Bonchev–Trinajstić information content (AvgIpc) is 3.41. The zero-order chi connectivity index (χ0) is 21.4. The van der Waals surface area contributed by atoms with Gasteiger partial charge in [-0.2, -0.15) is 0 Å². The molecular formula is C24H30BrNO3S2. The number of fused-ring (bicyclic) bond motifs is 3. The first-order chi connectivity index (χ1) is 14.2. The third kappa shape index (κ3) is 5.09. The van der Waals surface area contributed by atoms with E-state index < -0.39 is 11.6 Å². The molecule has 0 saturated carbocycles. The van der Waals surface area contributed by atoms with Crippen LogP contribution in [0.1, 0.15) is 43.4 Å². The van der Waals surface area contributed by atoms with E-state index in [-0.39, 0.29) is 28.5 Å². The number of thiophene rings is 2. The highest BCUT2D eigenvalue weighted by Crippen LogP contribution is 2.40. The van der Waals surface area contributed by atoms with Crippen LogP contribution in [0.4, 0.5) is 0 Å². The van der Waals surface area contributed by atoms with Crippen LogP contribution in [0.3, 0.4) is 0 Å². The van der Waals surface area contributed by atoms with Crippen LogP contribution in [0.2, 0.25) is 0 Å². The molecule has 168 valence electrons. The van der Waals surface area contributed by atoms with E-state index in [1.807, 2.05) is 22.9 Å². The molecule has 3 aliphatic rings. The standard InChI is InChI=1S/C24H30NO3S2.BrH/c1-23(2,3)11-6-12-25-13-9-18(10-14-25)19(17-25)28-22(26)24(27,20-7-4-15-29-20)21-8-5-16-30-21;/h4-5,7-8,15-16,18-19,27H,9-10,12-14,17H2,1-3H3;1H/q+1;/p-1/t18?,19-,25?;/m0./s1. The number of carbonyl (C=O) groups is 1. The zero-order valence-electron chi connectivity index (χ0n) is 18.3. The molecule has 5 heterocycles. The number of rotatable bonds is 5. The van der Waals surface area contributed by atoms with Crippen molar-refractivity contribution in [1.82, 2.24) is 0 Å². The molecule has 3 saturated heterocycles. The van der Waals surface area contributed by atoms with Crippen molar-refractivity contribution in [3.63, 3.8) is 0 Å². The van der Waals surface area contributed by atoms with Gasteiger partial charge in [-0.1, -0.05) is 18.1 Å². The minimum Gasteiger partial charge on any atom is -1.00 e. The largest absolute Gasteiger partial charge is 1.00 e. The van der Waals surface area contributed by atoms with Crippen LogP contribution >= 0.6 is 22.7 Å². The lowest BCUT2D eigenvalue weighted by atomic mass is 9.83. The number of carbonyl (C=O) groups excluding carboxylic acids is 1. The molecule has 0 aromatic carbocycles. The summed E-state index contributed by atoms with van der Waals surface area (Å²) < 4.78 is 6.97. The number of ether oxygens (including phenoxy) is 1. The predicted octanol–water partition coefficient (Wildman–Crippen LogP) is 1.25. The van der Waals surface area contributed by atoms with Gasteiger partial charge in [0.15, 0.2) is 6.10 Å². The molecule has 3 fully saturated rings. The maximum absolute atomic E-state index is 13.4. The van der Waals surface area contributed by atoms with Gasteiger partial charge in [-0.05, 0) is 49.6 Å². The Morgan fingerprint density at radius 2 is 1.74 bits per heavy atom. The summed E-state index contributed by atoms with van der Waals surface area (Å²) in [4.78, 5) is 14.6. The molecule has 2 aromatic rings. The van der Waals surface area contributed by atoms with Crippen LogP contribution in [-0.4, -0.2) is 47.8 Å². The van der Waals surface area contributed by atoms with E-state index in [0.29, 0.717) is 15.7 Å². The van der Waals surface area contributed by atoms with E-state index in [4.69, 9.17) is 4.74 Å². The summed E-state index contributed by atoms with van der Waals surface area (Å²) in [5.41, 5.74) is -1.73. The molecular weight excluding hydrogens is 494 g/mol. The summed E-state index contributed by atoms with van der Waals surface area (Å²) in [6.07, 6.45) is 1.93. The molecule has 0 aliphatic carbocycles. The van der Waals surface area contributed by atoms with Crippen molar-refractivity contribution in [1.29, 1.82) is 0 Å². The van der Waals surface area contributed by atoms with Crippen LogP contribution in [0.25, 0.3) is 0 Å². The molecule has 3 aliphatic heterocycles. The minimum atomic E-state index is -1.73. The van der Waals surface area contributed by atoms with Crippen molar-refractivity contribution in [2.45, 2.75) is 45.3 Å². The topological polar surface area (TPSA) is 46.5 Å². The van der Waals surface area contributed by atoms with Crippen LogP contribution in [-0.2, 0) is 15.1 Å². The normalized spacial score (nSPS) is 25.3. The lowest BCUT2D eigenvalue weighted by Gasteiger charge is -2.51. The van der Waals surface area contributed by atoms with Gasteiger partial charge in [0.25, 0.3) is 0 Å². The number of hydrogen-bond donors (Lipinski definition) is 1. The van der Waals surface area contributed by atoms with Gasteiger partial charge in [0, 0.05) is 24.2 Å². The van der Waals surface area contributed by atoms with Crippen LogP contribution in [0.15, 0.2) is 35.0 Å². The van der Waals surface area contributed by atoms with Crippen molar-refractivity contribution < 1.29 is 36.1 Å². The van der Waals surface area contributed by atoms with E-state index in [2.05, 4.69) is 32.6 Å². The maximum atomic E-state index is 13.4. The number of esters is 1. The maximum Gasteiger partial charge on any atom is 0.349 e. The van der Waals surface area contributed by atoms with E-state index in [9.17, 15) is 9.90 Å². The van der Waals surface area contributed by atoms with Crippen molar-refractivity contribution >= 4 is 28.6 Å². The van der Waals surface area contributed by atoms with Gasteiger partial charge < -0.3 is 31.3 Å². The third-order valence-corrected chi connectivity index (χ3v) is 8.19. The molecule has 0 spiro atoms. The molecule has 5 rings (SSSR count). The first-order valence-corrected chi connectivity index (χ1v) is 12.3. The molecule has 0 radical (unpaired) electrons. The monoisotopic (exact) mass is 523 g/mol. The van der Waals surface area contributed by atoms with Crippen LogP contribution in [0, 0.1) is 23.2 Å². The van der Waals surface area contributed by atoms with E-state index in [1.165, 1.54) is 22.7 Å².